The van der Waals surface area contributed by atoms with Crippen LogP contribution in [0, 0.1) is 6.92 Å². The summed E-state index contributed by atoms with van der Waals surface area (Å²) >= 11 is 1.31. The summed E-state index contributed by atoms with van der Waals surface area (Å²) < 4.78 is 10.2. The molecule has 2 aromatic heterocycles. The van der Waals surface area contributed by atoms with Gasteiger partial charge in [-0.05, 0) is 6.92 Å². The highest BCUT2D eigenvalue weighted by atomic mass is 32.2. The molecule has 0 saturated heterocycles. The first-order valence-corrected chi connectivity index (χ1v) is 6.70. The first kappa shape index (κ1) is 14.0. The van der Waals surface area contributed by atoms with Crippen LogP contribution < -0.4 is 5.32 Å². The van der Waals surface area contributed by atoms with Crippen LogP contribution in [0.15, 0.2) is 33.5 Å². The predicted octanol–water partition coefficient (Wildman–Crippen LogP) is 1.66. The van der Waals surface area contributed by atoms with Gasteiger partial charge in [0.15, 0.2) is 5.16 Å². The second-order valence-corrected chi connectivity index (χ2v) is 4.82. The Balaban J connectivity index is 1.84. The molecule has 6 nitrogen and oxygen atoms in total. The Hall–Kier alpha value is -1.44. The van der Waals surface area contributed by atoms with Gasteiger partial charge in [-0.15, -0.1) is 0 Å². The van der Waals surface area contributed by atoms with Crippen molar-refractivity contribution in [3.05, 3.63) is 29.9 Å². The molecule has 0 atom stereocenters. The number of ether oxygens (including phenoxy) is 1. The van der Waals surface area contributed by atoms with E-state index in [1.807, 2.05) is 6.92 Å². The Bertz CT molecular complexity index is 501. The number of methoxy groups -OCH3 is 1. The minimum absolute atomic E-state index is 0.559. The van der Waals surface area contributed by atoms with Crippen molar-refractivity contribution in [1.29, 1.82) is 0 Å². The van der Waals surface area contributed by atoms with Crippen LogP contribution in [0.4, 0.5) is 0 Å². The van der Waals surface area contributed by atoms with E-state index >= 15 is 0 Å². The lowest BCUT2D eigenvalue weighted by atomic mass is 10.3. The number of nitrogens with one attached hydrogen (secondary N) is 1. The van der Waals surface area contributed by atoms with E-state index in [-0.39, 0.29) is 0 Å². The van der Waals surface area contributed by atoms with E-state index in [0.717, 1.165) is 24.3 Å². The number of rotatable bonds is 7. The molecular weight excluding hydrogens is 264 g/mol. The minimum atomic E-state index is 0.559. The van der Waals surface area contributed by atoms with Crippen LogP contribution in [0.5, 0.6) is 0 Å². The Morgan fingerprint density at radius 3 is 2.79 bits per heavy atom. The van der Waals surface area contributed by atoms with E-state index in [4.69, 9.17) is 9.15 Å². The fourth-order valence-electron chi connectivity index (χ4n) is 1.35. The van der Waals surface area contributed by atoms with Crippen LogP contribution in [0.3, 0.4) is 0 Å². The summed E-state index contributed by atoms with van der Waals surface area (Å²) in [6.07, 6.45) is 5.20. The standard InChI is InChI=1S/C12H16N4O2S/c1-9-8-18-12(16-9)19-11-14-6-10(7-15-11)5-13-3-4-17-2/h6-8,13H,3-5H2,1-2H3. The number of oxazole rings is 1. The van der Waals surface area contributed by atoms with Gasteiger partial charge in [-0.3, -0.25) is 0 Å². The van der Waals surface area contributed by atoms with Crippen LogP contribution in [0.25, 0.3) is 0 Å². The molecule has 7 heteroatoms. The number of nitrogens with zero attached hydrogens (tertiary/aromatic N) is 3. The maximum atomic E-state index is 5.24. The minimum Gasteiger partial charge on any atom is -0.439 e. The van der Waals surface area contributed by atoms with Gasteiger partial charge in [0.25, 0.3) is 5.22 Å². The lowest BCUT2D eigenvalue weighted by molar-refractivity contribution is 0.199. The topological polar surface area (TPSA) is 73.1 Å². The molecule has 0 spiro atoms. The number of hydrogen-bond acceptors (Lipinski definition) is 7. The van der Waals surface area contributed by atoms with Gasteiger partial charge < -0.3 is 14.5 Å². The quantitative estimate of drug-likeness (QED) is 0.610. The number of aromatic nitrogens is 3. The van der Waals surface area contributed by atoms with Gasteiger partial charge in [-0.25, -0.2) is 15.0 Å². The van der Waals surface area contributed by atoms with E-state index in [9.17, 15) is 0 Å². The molecule has 0 unspecified atom stereocenters. The third-order valence-electron chi connectivity index (χ3n) is 2.27. The van der Waals surface area contributed by atoms with Gasteiger partial charge in [-0.1, -0.05) is 0 Å². The Labute approximate surface area is 116 Å². The molecule has 0 aliphatic carbocycles. The molecule has 0 bridgehead atoms. The lowest BCUT2D eigenvalue weighted by Gasteiger charge is -2.03. The van der Waals surface area contributed by atoms with Crippen molar-refractivity contribution in [2.24, 2.45) is 0 Å². The molecule has 0 aliphatic rings. The molecule has 0 amide bonds. The highest BCUT2D eigenvalue weighted by Crippen LogP contribution is 2.22. The molecule has 0 fully saturated rings. The van der Waals surface area contributed by atoms with Crippen LogP contribution in [0.2, 0.25) is 0 Å². The zero-order chi connectivity index (χ0) is 13.5. The monoisotopic (exact) mass is 280 g/mol. The lowest BCUT2D eigenvalue weighted by Crippen LogP contribution is -2.18. The van der Waals surface area contributed by atoms with Gasteiger partial charge in [0.05, 0.1) is 12.3 Å². The molecule has 0 radical (unpaired) electrons. The van der Waals surface area contributed by atoms with Gasteiger partial charge in [-0.2, -0.15) is 0 Å². The van der Waals surface area contributed by atoms with E-state index in [1.165, 1.54) is 11.8 Å². The Morgan fingerprint density at radius 1 is 1.37 bits per heavy atom. The van der Waals surface area contributed by atoms with E-state index < -0.39 is 0 Å². The van der Waals surface area contributed by atoms with Crippen LogP contribution in [0.1, 0.15) is 11.3 Å². The van der Waals surface area contributed by atoms with E-state index in [0.29, 0.717) is 17.0 Å². The van der Waals surface area contributed by atoms with Gasteiger partial charge in [0.1, 0.15) is 6.26 Å². The summed E-state index contributed by atoms with van der Waals surface area (Å²) in [5.74, 6) is 0. The molecule has 0 aromatic carbocycles. The van der Waals surface area contributed by atoms with Crippen LogP contribution >= 0.6 is 11.8 Å². The normalized spacial score (nSPS) is 10.8. The fraction of sp³-hybridized carbons (Fsp3) is 0.417. The second-order valence-electron chi connectivity index (χ2n) is 3.90. The molecule has 0 saturated carbocycles. The molecule has 1 N–H and O–H groups in total. The molecule has 19 heavy (non-hydrogen) atoms. The average Bonchev–Trinajstić information content (AvgIpc) is 2.82. The maximum absolute atomic E-state index is 5.24. The summed E-state index contributed by atoms with van der Waals surface area (Å²) in [6, 6.07) is 0. The highest BCUT2D eigenvalue weighted by Gasteiger charge is 2.06. The predicted molar refractivity (Wildman–Crippen MR) is 71.0 cm³/mol. The van der Waals surface area contributed by atoms with Crippen LogP contribution in [-0.2, 0) is 11.3 Å². The van der Waals surface area contributed by atoms with Crippen molar-refractivity contribution in [2.45, 2.75) is 23.8 Å². The molecule has 0 aliphatic heterocycles. The van der Waals surface area contributed by atoms with Crippen molar-refractivity contribution in [3.8, 4) is 0 Å². The molecular formula is C12H16N4O2S. The fourth-order valence-corrected chi connectivity index (χ4v) is 2.00. The second kappa shape index (κ2) is 7.22. The third kappa shape index (κ3) is 4.62. The smallest absolute Gasteiger partial charge is 0.263 e. The highest BCUT2D eigenvalue weighted by molar-refractivity contribution is 7.98. The number of hydrogen-bond donors (Lipinski definition) is 1. The van der Waals surface area contributed by atoms with Gasteiger partial charge >= 0.3 is 0 Å². The van der Waals surface area contributed by atoms with E-state index in [2.05, 4.69) is 20.3 Å². The summed E-state index contributed by atoms with van der Waals surface area (Å²) in [7, 11) is 1.68. The first-order chi connectivity index (χ1) is 9.28. The molecule has 2 heterocycles. The van der Waals surface area contributed by atoms with Crippen molar-refractivity contribution in [2.75, 3.05) is 20.3 Å². The Kier molecular flexibility index (Phi) is 5.31. The summed E-state index contributed by atoms with van der Waals surface area (Å²) in [5.41, 5.74) is 1.88. The molecule has 102 valence electrons. The largest absolute Gasteiger partial charge is 0.439 e. The summed E-state index contributed by atoms with van der Waals surface area (Å²) in [5, 5.41) is 4.42. The molecule has 2 rings (SSSR count). The van der Waals surface area contributed by atoms with Gasteiger partial charge in [0.2, 0.25) is 0 Å². The van der Waals surface area contributed by atoms with E-state index in [1.54, 1.807) is 25.8 Å². The van der Waals surface area contributed by atoms with Crippen molar-refractivity contribution < 1.29 is 9.15 Å². The zero-order valence-corrected chi connectivity index (χ0v) is 11.7. The van der Waals surface area contributed by atoms with Crippen molar-refractivity contribution in [1.82, 2.24) is 20.3 Å². The first-order valence-electron chi connectivity index (χ1n) is 5.88. The van der Waals surface area contributed by atoms with Crippen LogP contribution in [-0.4, -0.2) is 35.2 Å². The average molecular weight is 280 g/mol. The summed E-state index contributed by atoms with van der Waals surface area (Å²) in [6.45, 7) is 4.11. The zero-order valence-electron chi connectivity index (χ0n) is 10.9. The Morgan fingerprint density at radius 2 is 2.16 bits per heavy atom. The SMILES string of the molecule is COCCNCc1cnc(Sc2nc(C)co2)nc1. The van der Waals surface area contributed by atoms with Crippen molar-refractivity contribution in [3.63, 3.8) is 0 Å². The number of aryl methyl sites for hydroxylation is 1. The molecule has 2 aromatic rings. The van der Waals surface area contributed by atoms with Gasteiger partial charge in [0, 0.05) is 49.9 Å². The maximum Gasteiger partial charge on any atom is 0.263 e. The summed E-state index contributed by atoms with van der Waals surface area (Å²) in [4.78, 5) is 12.7. The third-order valence-corrected chi connectivity index (χ3v) is 3.03. The van der Waals surface area contributed by atoms with Crippen molar-refractivity contribution >= 4 is 11.8 Å².